The molecule has 0 bridgehead atoms. The summed E-state index contributed by atoms with van der Waals surface area (Å²) in [5, 5.41) is 2.77. The maximum atomic E-state index is 12.1. The highest BCUT2D eigenvalue weighted by atomic mass is 16.5. The van der Waals surface area contributed by atoms with Crippen LogP contribution in [0, 0.1) is 0 Å². The summed E-state index contributed by atoms with van der Waals surface area (Å²) in [7, 11) is 0. The van der Waals surface area contributed by atoms with E-state index < -0.39 is 0 Å². The number of hydrogen-bond acceptors (Lipinski definition) is 3. The van der Waals surface area contributed by atoms with Gasteiger partial charge in [-0.05, 0) is 24.3 Å². The molecule has 2 amide bonds. The summed E-state index contributed by atoms with van der Waals surface area (Å²) in [6, 6.07) is 16.3. The maximum absolute atomic E-state index is 12.1. The molecule has 1 aliphatic rings. The number of nitrogens with one attached hydrogen (secondary N) is 1. The van der Waals surface area contributed by atoms with E-state index in [-0.39, 0.29) is 25.0 Å². The van der Waals surface area contributed by atoms with Gasteiger partial charge in [-0.2, -0.15) is 0 Å². The summed E-state index contributed by atoms with van der Waals surface area (Å²) >= 11 is 0. The van der Waals surface area contributed by atoms with Crippen molar-refractivity contribution in [2.45, 2.75) is 0 Å². The summed E-state index contributed by atoms with van der Waals surface area (Å²) in [5.74, 6) is 0.146. The Morgan fingerprint density at radius 2 is 1.81 bits per heavy atom. The molecule has 0 aromatic heterocycles. The fraction of sp³-hybridized carbons (Fsp3) is 0.125. The van der Waals surface area contributed by atoms with Crippen molar-refractivity contribution < 1.29 is 14.3 Å². The van der Waals surface area contributed by atoms with Gasteiger partial charge in [0.2, 0.25) is 5.91 Å². The van der Waals surface area contributed by atoms with Gasteiger partial charge in [0.15, 0.2) is 6.61 Å². The molecule has 21 heavy (non-hydrogen) atoms. The van der Waals surface area contributed by atoms with Crippen molar-refractivity contribution in [3.8, 4) is 5.75 Å². The second-order valence-electron chi connectivity index (χ2n) is 4.65. The second kappa shape index (κ2) is 5.66. The minimum Gasteiger partial charge on any atom is -0.482 e. The Bertz CT molecular complexity index is 670. The molecule has 0 unspecified atom stereocenters. The zero-order valence-electron chi connectivity index (χ0n) is 11.3. The van der Waals surface area contributed by atoms with E-state index in [2.05, 4.69) is 5.32 Å². The fourth-order valence-electron chi connectivity index (χ4n) is 2.19. The molecular weight excluding hydrogens is 268 g/mol. The molecule has 1 N–H and O–H groups in total. The smallest absolute Gasteiger partial charge is 0.265 e. The van der Waals surface area contributed by atoms with Crippen molar-refractivity contribution in [2.24, 2.45) is 0 Å². The molecule has 2 aromatic rings. The lowest BCUT2D eigenvalue weighted by Gasteiger charge is -2.28. The fourth-order valence-corrected chi connectivity index (χ4v) is 2.19. The molecule has 0 atom stereocenters. The molecule has 0 saturated carbocycles. The average molecular weight is 282 g/mol. The van der Waals surface area contributed by atoms with Crippen molar-refractivity contribution in [3.63, 3.8) is 0 Å². The number of fused-ring (bicyclic) bond motifs is 1. The normalized spacial score (nSPS) is 13.3. The monoisotopic (exact) mass is 282 g/mol. The molecule has 1 heterocycles. The number of hydrogen-bond donors (Lipinski definition) is 1. The van der Waals surface area contributed by atoms with E-state index in [4.69, 9.17) is 4.74 Å². The number of para-hydroxylation sites is 3. The molecule has 0 aliphatic carbocycles. The van der Waals surface area contributed by atoms with Gasteiger partial charge in [0.05, 0.1) is 5.69 Å². The highest BCUT2D eigenvalue weighted by Crippen LogP contribution is 2.31. The van der Waals surface area contributed by atoms with Crippen LogP contribution >= 0.6 is 0 Å². The Morgan fingerprint density at radius 3 is 2.62 bits per heavy atom. The lowest BCUT2D eigenvalue weighted by atomic mass is 10.2. The number of rotatable bonds is 3. The van der Waals surface area contributed by atoms with Crippen molar-refractivity contribution in [2.75, 3.05) is 23.4 Å². The van der Waals surface area contributed by atoms with Crippen LogP contribution in [-0.2, 0) is 9.59 Å². The average Bonchev–Trinajstić information content (AvgIpc) is 2.51. The molecule has 5 nitrogen and oxygen atoms in total. The lowest BCUT2D eigenvalue weighted by molar-refractivity contribution is -0.123. The molecule has 5 heteroatoms. The third-order valence-corrected chi connectivity index (χ3v) is 3.17. The number of anilines is 2. The standard InChI is InChI=1S/C16H14N2O3/c19-15(17-12-6-2-1-3-7-12)10-18-13-8-4-5-9-14(13)21-11-16(18)20/h1-9H,10-11H2,(H,17,19). The number of amides is 2. The van der Waals surface area contributed by atoms with Crippen LogP contribution < -0.4 is 15.0 Å². The van der Waals surface area contributed by atoms with Crippen molar-refractivity contribution >= 4 is 23.2 Å². The Labute approximate surface area is 122 Å². The van der Waals surface area contributed by atoms with E-state index in [1.165, 1.54) is 4.90 Å². The van der Waals surface area contributed by atoms with Gasteiger partial charge in [0.25, 0.3) is 5.91 Å². The van der Waals surface area contributed by atoms with Gasteiger partial charge < -0.3 is 10.1 Å². The third kappa shape index (κ3) is 2.86. The molecule has 0 fully saturated rings. The largest absolute Gasteiger partial charge is 0.482 e. The van der Waals surface area contributed by atoms with Crippen molar-refractivity contribution in [1.29, 1.82) is 0 Å². The number of benzene rings is 2. The van der Waals surface area contributed by atoms with E-state index in [0.29, 0.717) is 17.1 Å². The molecule has 0 radical (unpaired) electrons. The van der Waals surface area contributed by atoms with E-state index in [0.717, 1.165) is 0 Å². The SMILES string of the molecule is O=C(CN1C(=O)COc2ccccc21)Nc1ccccc1. The van der Waals surface area contributed by atoms with Crippen LogP contribution in [0.15, 0.2) is 54.6 Å². The van der Waals surface area contributed by atoms with Crippen LogP contribution in [0.3, 0.4) is 0 Å². The quantitative estimate of drug-likeness (QED) is 0.937. The van der Waals surface area contributed by atoms with Gasteiger partial charge >= 0.3 is 0 Å². The predicted octanol–water partition coefficient (Wildman–Crippen LogP) is 2.05. The molecule has 1 aliphatic heterocycles. The molecule has 3 rings (SSSR count). The van der Waals surface area contributed by atoms with E-state index in [1.54, 1.807) is 24.3 Å². The minimum atomic E-state index is -0.244. The zero-order valence-corrected chi connectivity index (χ0v) is 11.3. The summed E-state index contributed by atoms with van der Waals surface area (Å²) < 4.78 is 5.34. The van der Waals surface area contributed by atoms with Crippen LogP contribution in [0.1, 0.15) is 0 Å². The number of nitrogens with zero attached hydrogens (tertiary/aromatic N) is 1. The highest BCUT2D eigenvalue weighted by molar-refractivity contribution is 6.04. The minimum absolute atomic E-state index is 0.0336. The van der Waals surface area contributed by atoms with Gasteiger partial charge in [-0.15, -0.1) is 0 Å². The topological polar surface area (TPSA) is 58.6 Å². The van der Waals surface area contributed by atoms with Crippen LogP contribution in [0.4, 0.5) is 11.4 Å². The van der Waals surface area contributed by atoms with Crippen LogP contribution in [0.5, 0.6) is 5.75 Å². The van der Waals surface area contributed by atoms with Crippen LogP contribution in [0.25, 0.3) is 0 Å². The molecular formula is C16H14N2O3. The number of carbonyl (C=O) groups excluding carboxylic acids is 2. The molecule has 106 valence electrons. The Balaban J connectivity index is 1.75. The Kier molecular flexibility index (Phi) is 3.55. The van der Waals surface area contributed by atoms with Gasteiger partial charge in [-0.25, -0.2) is 0 Å². The van der Waals surface area contributed by atoms with Crippen molar-refractivity contribution in [3.05, 3.63) is 54.6 Å². The van der Waals surface area contributed by atoms with Crippen molar-refractivity contribution in [1.82, 2.24) is 0 Å². The Hall–Kier alpha value is -2.82. The first-order chi connectivity index (χ1) is 10.2. The number of carbonyl (C=O) groups is 2. The van der Waals surface area contributed by atoms with Gasteiger partial charge in [0, 0.05) is 5.69 Å². The first-order valence-corrected chi connectivity index (χ1v) is 6.61. The summed E-state index contributed by atoms with van der Waals surface area (Å²) in [5.41, 5.74) is 1.33. The maximum Gasteiger partial charge on any atom is 0.265 e. The van der Waals surface area contributed by atoms with Gasteiger partial charge in [-0.3, -0.25) is 14.5 Å². The molecule has 0 saturated heterocycles. The first-order valence-electron chi connectivity index (χ1n) is 6.61. The third-order valence-electron chi connectivity index (χ3n) is 3.17. The number of ether oxygens (including phenoxy) is 1. The zero-order chi connectivity index (χ0) is 14.7. The summed E-state index contributed by atoms with van der Waals surface area (Å²) in [6.07, 6.45) is 0. The van der Waals surface area contributed by atoms with Gasteiger partial charge in [-0.1, -0.05) is 30.3 Å². The van der Waals surface area contributed by atoms with E-state index in [9.17, 15) is 9.59 Å². The predicted molar refractivity (Wildman–Crippen MR) is 79.4 cm³/mol. The second-order valence-corrected chi connectivity index (χ2v) is 4.65. The highest BCUT2D eigenvalue weighted by Gasteiger charge is 2.26. The van der Waals surface area contributed by atoms with E-state index in [1.807, 2.05) is 30.3 Å². The van der Waals surface area contributed by atoms with E-state index >= 15 is 0 Å². The van der Waals surface area contributed by atoms with Crippen LogP contribution in [-0.4, -0.2) is 25.0 Å². The first kappa shape index (κ1) is 13.2. The van der Waals surface area contributed by atoms with Gasteiger partial charge in [0.1, 0.15) is 12.3 Å². The lowest BCUT2D eigenvalue weighted by Crippen LogP contribution is -2.43. The van der Waals surface area contributed by atoms with Crippen LogP contribution in [0.2, 0.25) is 0 Å². The summed E-state index contributed by atoms with van der Waals surface area (Å²) in [6.45, 7) is -0.0796. The molecule has 0 spiro atoms. The Morgan fingerprint density at radius 1 is 1.10 bits per heavy atom. The summed E-state index contributed by atoms with van der Waals surface area (Å²) in [4.78, 5) is 25.5. The molecule has 2 aromatic carbocycles.